The third kappa shape index (κ3) is 4.24. The van der Waals surface area contributed by atoms with Crippen molar-refractivity contribution in [3.8, 4) is 11.9 Å². The minimum atomic E-state index is -3.78. The number of hydrogen-bond acceptors (Lipinski definition) is 8. The van der Waals surface area contributed by atoms with E-state index in [2.05, 4.69) is 15.0 Å². The second kappa shape index (κ2) is 7.90. The Balaban J connectivity index is 1.77. The fourth-order valence-corrected chi connectivity index (χ4v) is 4.76. The number of hydrogen-bond donors (Lipinski definition) is 2. The van der Waals surface area contributed by atoms with Crippen LogP contribution >= 0.6 is 11.3 Å². The Kier molecular flexibility index (Phi) is 5.61. The van der Waals surface area contributed by atoms with Gasteiger partial charge in [0.1, 0.15) is 15.7 Å². The third-order valence-corrected chi connectivity index (χ3v) is 6.35. The first-order valence-corrected chi connectivity index (χ1v) is 10.4. The highest BCUT2D eigenvalue weighted by Crippen LogP contribution is 2.28. The molecule has 1 aromatic carbocycles. The number of aromatic nitrogens is 1. The van der Waals surface area contributed by atoms with Crippen molar-refractivity contribution in [2.24, 2.45) is 0 Å². The van der Waals surface area contributed by atoms with Gasteiger partial charge in [-0.25, -0.2) is 18.1 Å². The Labute approximate surface area is 156 Å². The van der Waals surface area contributed by atoms with Crippen molar-refractivity contribution in [1.29, 1.82) is 5.26 Å². The largest absolute Gasteiger partial charge is 0.495 e. The van der Waals surface area contributed by atoms with Crippen molar-refractivity contribution in [2.75, 3.05) is 25.5 Å². The second-order valence-electron chi connectivity index (χ2n) is 5.80. The van der Waals surface area contributed by atoms with Gasteiger partial charge < -0.3 is 15.0 Å². The summed E-state index contributed by atoms with van der Waals surface area (Å²) in [6.45, 7) is 1.44. The first kappa shape index (κ1) is 18.4. The number of benzene rings is 1. The SMILES string of the molecule is COc1ccc(NCc2nccs2)cc1S(=O)(=O)N[C@@H]1CCN(C#N)C1. The number of ether oxygens (including phenoxy) is 1. The Bertz CT molecular complexity index is 893. The van der Waals surface area contributed by atoms with Crippen molar-refractivity contribution in [3.63, 3.8) is 0 Å². The summed E-state index contributed by atoms with van der Waals surface area (Å²) in [6.07, 6.45) is 4.36. The van der Waals surface area contributed by atoms with Gasteiger partial charge in [0.15, 0.2) is 6.19 Å². The van der Waals surface area contributed by atoms with Crippen LogP contribution in [-0.4, -0.2) is 44.5 Å². The molecule has 26 heavy (non-hydrogen) atoms. The topological polar surface area (TPSA) is 107 Å². The first-order valence-electron chi connectivity index (χ1n) is 7.99. The van der Waals surface area contributed by atoms with E-state index < -0.39 is 10.0 Å². The highest BCUT2D eigenvalue weighted by molar-refractivity contribution is 7.89. The number of sulfonamides is 1. The average Bonchev–Trinajstić information content (AvgIpc) is 3.31. The van der Waals surface area contributed by atoms with Crippen LogP contribution in [0.2, 0.25) is 0 Å². The van der Waals surface area contributed by atoms with Gasteiger partial charge in [-0.05, 0) is 24.6 Å². The number of thiazole rings is 1. The summed E-state index contributed by atoms with van der Waals surface area (Å²) in [5, 5.41) is 14.9. The van der Waals surface area contributed by atoms with E-state index in [1.165, 1.54) is 23.3 Å². The zero-order chi connectivity index (χ0) is 18.6. The normalized spacial score (nSPS) is 17.1. The maximum absolute atomic E-state index is 12.8. The number of likely N-dealkylation sites (tertiary alicyclic amines) is 1. The molecular formula is C16H19N5O3S2. The van der Waals surface area contributed by atoms with E-state index >= 15 is 0 Å². The van der Waals surface area contributed by atoms with Crippen molar-refractivity contribution >= 4 is 27.0 Å². The van der Waals surface area contributed by atoms with Gasteiger partial charge in [0.25, 0.3) is 0 Å². The van der Waals surface area contributed by atoms with Crippen LogP contribution < -0.4 is 14.8 Å². The molecule has 1 saturated heterocycles. The third-order valence-electron chi connectivity index (χ3n) is 4.03. The van der Waals surface area contributed by atoms with Gasteiger partial charge >= 0.3 is 0 Å². The van der Waals surface area contributed by atoms with E-state index in [0.717, 1.165) is 5.01 Å². The lowest BCUT2D eigenvalue weighted by atomic mass is 10.3. The molecule has 1 aliphatic heterocycles. The van der Waals surface area contributed by atoms with Gasteiger partial charge in [0, 0.05) is 36.4 Å². The van der Waals surface area contributed by atoms with Gasteiger partial charge in [0.2, 0.25) is 10.0 Å². The smallest absolute Gasteiger partial charge is 0.244 e. The number of nitriles is 1. The Hall–Kier alpha value is -2.35. The highest BCUT2D eigenvalue weighted by Gasteiger charge is 2.28. The van der Waals surface area contributed by atoms with Crippen molar-refractivity contribution < 1.29 is 13.2 Å². The summed E-state index contributed by atoms with van der Waals surface area (Å²) < 4.78 is 33.5. The van der Waals surface area contributed by atoms with E-state index in [1.54, 1.807) is 24.4 Å². The summed E-state index contributed by atoms with van der Waals surface area (Å²) in [6, 6.07) is 4.63. The van der Waals surface area contributed by atoms with Gasteiger partial charge in [-0.15, -0.1) is 11.3 Å². The molecular weight excluding hydrogens is 374 g/mol. The quantitative estimate of drug-likeness (QED) is 0.688. The van der Waals surface area contributed by atoms with Gasteiger partial charge in [0.05, 0.1) is 13.7 Å². The van der Waals surface area contributed by atoms with Crippen molar-refractivity contribution in [3.05, 3.63) is 34.8 Å². The summed E-state index contributed by atoms with van der Waals surface area (Å²) in [4.78, 5) is 5.80. The van der Waals surface area contributed by atoms with Crippen LogP contribution in [0.3, 0.4) is 0 Å². The van der Waals surface area contributed by atoms with E-state index in [-0.39, 0.29) is 16.7 Å². The molecule has 0 amide bonds. The molecule has 138 valence electrons. The zero-order valence-corrected chi connectivity index (χ0v) is 15.8. The van der Waals surface area contributed by atoms with Gasteiger partial charge in [-0.1, -0.05) is 0 Å². The van der Waals surface area contributed by atoms with Gasteiger partial charge in [-0.3, -0.25) is 0 Å². The molecule has 1 aromatic heterocycles. The predicted octanol–water partition coefficient (Wildman–Crippen LogP) is 1.60. The average molecular weight is 393 g/mol. The van der Waals surface area contributed by atoms with Crippen molar-refractivity contribution in [1.82, 2.24) is 14.6 Å². The molecule has 2 N–H and O–H groups in total. The molecule has 3 rings (SSSR count). The maximum atomic E-state index is 12.8. The molecule has 10 heteroatoms. The molecule has 8 nitrogen and oxygen atoms in total. The molecule has 0 aliphatic carbocycles. The summed E-state index contributed by atoms with van der Waals surface area (Å²) in [5.41, 5.74) is 0.659. The van der Waals surface area contributed by atoms with Crippen LogP contribution in [0.5, 0.6) is 5.75 Å². The Morgan fingerprint density at radius 1 is 1.50 bits per heavy atom. The van der Waals surface area contributed by atoms with Crippen LogP contribution in [0.1, 0.15) is 11.4 Å². The Morgan fingerprint density at radius 3 is 3.00 bits per heavy atom. The molecule has 2 aromatic rings. The molecule has 0 bridgehead atoms. The summed E-state index contributed by atoms with van der Waals surface area (Å²) in [5.74, 6) is 0.271. The number of nitrogens with one attached hydrogen (secondary N) is 2. The van der Waals surface area contributed by atoms with Crippen LogP contribution in [0.4, 0.5) is 5.69 Å². The molecule has 1 fully saturated rings. The number of methoxy groups -OCH3 is 1. The van der Waals surface area contributed by atoms with Crippen LogP contribution in [0, 0.1) is 11.5 Å². The summed E-state index contributed by atoms with van der Waals surface area (Å²) >= 11 is 1.52. The molecule has 0 spiro atoms. The lowest BCUT2D eigenvalue weighted by molar-refractivity contribution is 0.402. The van der Waals surface area contributed by atoms with Gasteiger partial charge in [-0.2, -0.15) is 5.26 Å². The number of rotatable bonds is 7. The summed E-state index contributed by atoms with van der Waals surface area (Å²) in [7, 11) is -2.34. The van der Waals surface area contributed by atoms with Crippen LogP contribution in [-0.2, 0) is 16.6 Å². The molecule has 2 heterocycles. The fraction of sp³-hybridized carbons (Fsp3) is 0.375. The molecule has 0 radical (unpaired) electrons. The van der Waals surface area contributed by atoms with Crippen LogP contribution in [0.15, 0.2) is 34.7 Å². The minimum Gasteiger partial charge on any atom is -0.495 e. The first-order chi connectivity index (χ1) is 12.5. The zero-order valence-electron chi connectivity index (χ0n) is 14.2. The number of anilines is 1. The molecule has 1 aliphatic rings. The molecule has 1 atom stereocenters. The lowest BCUT2D eigenvalue weighted by Crippen LogP contribution is -2.36. The standard InChI is InChI=1S/C16H19N5O3S2/c1-24-14-3-2-12(19-9-16-18-5-7-25-16)8-15(14)26(22,23)20-13-4-6-21(10-13)11-17/h2-3,5,7-8,13,19-20H,4,6,9-10H2,1H3/t13-/m1/s1. The minimum absolute atomic E-state index is 0.0690. The predicted molar refractivity (Wildman–Crippen MR) is 98.3 cm³/mol. The molecule has 0 unspecified atom stereocenters. The second-order valence-corrected chi connectivity index (χ2v) is 8.46. The highest BCUT2D eigenvalue weighted by atomic mass is 32.2. The van der Waals surface area contributed by atoms with E-state index in [1.807, 2.05) is 11.6 Å². The van der Waals surface area contributed by atoms with E-state index in [0.29, 0.717) is 31.7 Å². The number of nitrogens with zero attached hydrogens (tertiary/aromatic N) is 3. The van der Waals surface area contributed by atoms with Crippen molar-refractivity contribution in [2.45, 2.75) is 23.9 Å². The fourth-order valence-electron chi connectivity index (χ4n) is 2.74. The monoisotopic (exact) mass is 393 g/mol. The van der Waals surface area contributed by atoms with E-state index in [9.17, 15) is 8.42 Å². The van der Waals surface area contributed by atoms with Crippen LogP contribution in [0.25, 0.3) is 0 Å². The maximum Gasteiger partial charge on any atom is 0.244 e. The lowest BCUT2D eigenvalue weighted by Gasteiger charge is -2.16. The Morgan fingerprint density at radius 2 is 2.35 bits per heavy atom. The van der Waals surface area contributed by atoms with E-state index in [4.69, 9.17) is 10.00 Å². The molecule has 0 saturated carbocycles.